The Kier molecular flexibility index (Phi) is 6.33. The number of carbonyl (C=O) groups excluding carboxylic acids is 2. The van der Waals surface area contributed by atoms with Crippen LogP contribution in [0.1, 0.15) is 45.7 Å². The first-order valence-electron chi connectivity index (χ1n) is 9.53. The van der Waals surface area contributed by atoms with Crippen LogP contribution in [0.25, 0.3) is 5.70 Å². The van der Waals surface area contributed by atoms with Crippen LogP contribution in [0.2, 0.25) is 0 Å². The van der Waals surface area contributed by atoms with E-state index in [0.29, 0.717) is 23.4 Å². The second-order valence-corrected chi connectivity index (χ2v) is 8.14. The average molecular weight is 411 g/mol. The number of methoxy groups -OCH3 is 1. The van der Waals surface area contributed by atoms with E-state index in [1.807, 2.05) is 18.2 Å². The summed E-state index contributed by atoms with van der Waals surface area (Å²) in [5.74, 6) is 1.03. The largest absolute Gasteiger partial charge is 0.497 e. The lowest BCUT2D eigenvalue weighted by atomic mass is 9.85. The summed E-state index contributed by atoms with van der Waals surface area (Å²) in [5.41, 5.74) is 3.80. The molecular weight excluding hydrogens is 384 g/mol. The molecule has 0 bridgehead atoms. The first kappa shape index (κ1) is 21.0. The van der Waals surface area contributed by atoms with Crippen molar-refractivity contribution in [2.75, 3.05) is 19.4 Å². The van der Waals surface area contributed by atoms with Gasteiger partial charge in [-0.2, -0.15) is 12.6 Å². The molecule has 0 atom stereocenters. The molecule has 0 aliphatic carbocycles. The lowest BCUT2D eigenvalue weighted by molar-refractivity contribution is 0.0954. The van der Waals surface area contributed by atoms with Crippen molar-refractivity contribution in [3.63, 3.8) is 0 Å². The highest BCUT2D eigenvalue weighted by molar-refractivity contribution is 7.80. The first-order chi connectivity index (χ1) is 13.8. The predicted molar refractivity (Wildman–Crippen MR) is 119 cm³/mol. The molecule has 2 aromatic rings. The Morgan fingerprint density at radius 2 is 1.86 bits per heavy atom. The molecule has 1 amide bonds. The van der Waals surface area contributed by atoms with E-state index in [9.17, 15) is 9.59 Å². The molecular formula is C23H26N2O3S. The van der Waals surface area contributed by atoms with Gasteiger partial charge < -0.3 is 15.4 Å². The topological polar surface area (TPSA) is 67.4 Å². The van der Waals surface area contributed by atoms with Gasteiger partial charge in [0.2, 0.25) is 0 Å². The fourth-order valence-electron chi connectivity index (χ4n) is 3.43. The number of amides is 1. The number of nitrogens with one attached hydrogen (secondary N) is 2. The third-order valence-electron chi connectivity index (χ3n) is 4.82. The van der Waals surface area contributed by atoms with Crippen molar-refractivity contribution in [3.8, 4) is 5.75 Å². The number of rotatable bonds is 6. The van der Waals surface area contributed by atoms with E-state index in [1.54, 1.807) is 37.5 Å². The van der Waals surface area contributed by atoms with Crippen molar-refractivity contribution in [2.24, 2.45) is 0 Å². The average Bonchev–Trinajstić information content (AvgIpc) is 2.71. The molecule has 152 valence electrons. The van der Waals surface area contributed by atoms with Gasteiger partial charge in [0.15, 0.2) is 5.78 Å². The summed E-state index contributed by atoms with van der Waals surface area (Å²) < 4.78 is 5.35. The predicted octanol–water partition coefficient (Wildman–Crippen LogP) is 3.50. The van der Waals surface area contributed by atoms with Crippen molar-refractivity contribution in [3.05, 3.63) is 70.8 Å². The van der Waals surface area contributed by atoms with E-state index in [4.69, 9.17) is 4.74 Å². The molecule has 0 unspecified atom stereocenters. The normalized spacial score (nSPS) is 15.9. The summed E-state index contributed by atoms with van der Waals surface area (Å²) in [4.78, 5) is 24.9. The van der Waals surface area contributed by atoms with Crippen LogP contribution in [0.3, 0.4) is 0 Å². The summed E-state index contributed by atoms with van der Waals surface area (Å²) in [6, 6.07) is 12.6. The van der Waals surface area contributed by atoms with Gasteiger partial charge in [0.1, 0.15) is 5.75 Å². The molecule has 0 radical (unpaired) electrons. The fraction of sp³-hybridized carbons (Fsp3) is 0.304. The SMILES string of the molecule is COc1ccc2c(c1)C(=CC(=O)c1ccc(C(=O)NCCS)cc1)NC(C)(C)C2. The first-order valence-corrected chi connectivity index (χ1v) is 10.2. The van der Waals surface area contributed by atoms with Crippen LogP contribution >= 0.6 is 12.6 Å². The molecule has 5 nitrogen and oxygen atoms in total. The molecule has 3 rings (SSSR count). The molecule has 1 heterocycles. The zero-order chi connectivity index (χ0) is 21.0. The van der Waals surface area contributed by atoms with Gasteiger partial charge >= 0.3 is 0 Å². The Morgan fingerprint density at radius 3 is 2.52 bits per heavy atom. The van der Waals surface area contributed by atoms with E-state index in [2.05, 4.69) is 37.1 Å². The number of fused-ring (bicyclic) bond motifs is 1. The van der Waals surface area contributed by atoms with Crippen molar-refractivity contribution >= 4 is 30.0 Å². The van der Waals surface area contributed by atoms with Crippen molar-refractivity contribution in [1.29, 1.82) is 0 Å². The summed E-state index contributed by atoms with van der Waals surface area (Å²) >= 11 is 4.08. The second kappa shape index (κ2) is 8.74. The Hall–Kier alpha value is -2.73. The number of hydrogen-bond donors (Lipinski definition) is 3. The van der Waals surface area contributed by atoms with Gasteiger partial charge in [-0.1, -0.05) is 18.2 Å². The van der Waals surface area contributed by atoms with Crippen LogP contribution in [0.5, 0.6) is 5.75 Å². The Labute approximate surface area is 176 Å². The molecule has 1 aliphatic rings. The van der Waals surface area contributed by atoms with Crippen molar-refractivity contribution in [2.45, 2.75) is 25.8 Å². The minimum atomic E-state index is -0.173. The Balaban J connectivity index is 1.87. The third-order valence-corrected chi connectivity index (χ3v) is 5.04. The van der Waals surface area contributed by atoms with Crippen LogP contribution in [-0.4, -0.2) is 36.6 Å². The molecule has 0 saturated heterocycles. The zero-order valence-electron chi connectivity index (χ0n) is 16.9. The van der Waals surface area contributed by atoms with Gasteiger partial charge in [0.05, 0.1) is 7.11 Å². The molecule has 0 aromatic heterocycles. The van der Waals surface area contributed by atoms with Gasteiger partial charge in [-0.3, -0.25) is 9.59 Å². The van der Waals surface area contributed by atoms with Crippen LogP contribution in [-0.2, 0) is 6.42 Å². The van der Waals surface area contributed by atoms with Crippen LogP contribution < -0.4 is 15.4 Å². The van der Waals surface area contributed by atoms with E-state index in [-0.39, 0.29) is 17.2 Å². The van der Waals surface area contributed by atoms with Crippen molar-refractivity contribution in [1.82, 2.24) is 10.6 Å². The maximum absolute atomic E-state index is 12.9. The lowest BCUT2D eigenvalue weighted by Crippen LogP contribution is -2.43. The van der Waals surface area contributed by atoms with Gasteiger partial charge in [-0.05, 0) is 50.1 Å². The van der Waals surface area contributed by atoms with Gasteiger partial charge in [0.25, 0.3) is 5.91 Å². The highest BCUT2D eigenvalue weighted by Gasteiger charge is 2.28. The number of ketones is 1. The second-order valence-electron chi connectivity index (χ2n) is 7.69. The summed E-state index contributed by atoms with van der Waals surface area (Å²) in [5, 5.41) is 6.23. The van der Waals surface area contributed by atoms with Gasteiger partial charge in [-0.25, -0.2) is 0 Å². The van der Waals surface area contributed by atoms with E-state index >= 15 is 0 Å². The third kappa shape index (κ3) is 5.01. The van der Waals surface area contributed by atoms with E-state index in [0.717, 1.165) is 23.4 Å². The quantitative estimate of drug-likeness (QED) is 0.387. The molecule has 6 heteroatoms. The summed E-state index contributed by atoms with van der Waals surface area (Å²) in [6.07, 6.45) is 2.48. The molecule has 2 aromatic carbocycles. The Bertz CT molecular complexity index is 949. The molecule has 1 aliphatic heterocycles. The van der Waals surface area contributed by atoms with E-state index < -0.39 is 0 Å². The maximum atomic E-state index is 12.9. The Morgan fingerprint density at radius 1 is 1.17 bits per heavy atom. The van der Waals surface area contributed by atoms with Crippen LogP contribution in [0.4, 0.5) is 0 Å². The van der Waals surface area contributed by atoms with Crippen molar-refractivity contribution < 1.29 is 14.3 Å². The number of allylic oxidation sites excluding steroid dienone is 1. The smallest absolute Gasteiger partial charge is 0.251 e. The molecule has 0 spiro atoms. The fourth-order valence-corrected chi connectivity index (χ4v) is 3.54. The summed E-state index contributed by atoms with van der Waals surface area (Å²) in [6.45, 7) is 4.71. The summed E-state index contributed by atoms with van der Waals surface area (Å²) in [7, 11) is 1.63. The number of benzene rings is 2. The molecule has 2 N–H and O–H groups in total. The standard InChI is InChI=1S/C23H26N2O3S/c1-23(2)14-17-8-9-18(28-3)12-19(17)20(25-23)13-21(26)15-4-6-16(7-5-15)22(27)24-10-11-29/h4-9,12-13,25,29H,10-11,14H2,1-3H3,(H,24,27). The van der Waals surface area contributed by atoms with Crippen LogP contribution in [0.15, 0.2) is 48.5 Å². The minimum Gasteiger partial charge on any atom is -0.497 e. The highest BCUT2D eigenvalue weighted by Crippen LogP contribution is 2.32. The maximum Gasteiger partial charge on any atom is 0.251 e. The minimum absolute atomic E-state index is 0.124. The monoisotopic (exact) mass is 410 g/mol. The van der Waals surface area contributed by atoms with E-state index in [1.165, 1.54) is 5.56 Å². The molecule has 0 saturated carbocycles. The van der Waals surface area contributed by atoms with Gasteiger partial charge in [0, 0.05) is 46.3 Å². The number of hydrogen-bond acceptors (Lipinski definition) is 5. The van der Waals surface area contributed by atoms with Gasteiger partial charge in [-0.15, -0.1) is 0 Å². The zero-order valence-corrected chi connectivity index (χ0v) is 17.8. The van der Waals surface area contributed by atoms with Crippen LogP contribution in [0, 0.1) is 0 Å². The molecule has 29 heavy (non-hydrogen) atoms. The number of thiol groups is 1. The number of ether oxygens (including phenoxy) is 1. The lowest BCUT2D eigenvalue weighted by Gasteiger charge is -2.35. The number of carbonyl (C=O) groups is 2. The highest BCUT2D eigenvalue weighted by atomic mass is 32.1. The molecule has 0 fully saturated rings.